The minimum absolute atomic E-state index is 0.0194. The highest BCUT2D eigenvalue weighted by molar-refractivity contribution is 6.47. The van der Waals surface area contributed by atoms with Gasteiger partial charge >= 0.3 is 0 Å². The van der Waals surface area contributed by atoms with Crippen LogP contribution in [-0.2, 0) is 9.59 Å². The summed E-state index contributed by atoms with van der Waals surface area (Å²) in [5.74, 6) is -0.337. The number of amides is 2. The van der Waals surface area contributed by atoms with Crippen molar-refractivity contribution in [2.75, 3.05) is 11.9 Å². The molecule has 1 aliphatic carbocycles. The quantitative estimate of drug-likeness (QED) is 0.882. The van der Waals surface area contributed by atoms with Crippen molar-refractivity contribution < 1.29 is 9.59 Å². The number of aliphatic imine (C=N–C) groups is 1. The molecular weight excluding hydrogens is 350 g/mol. The first-order chi connectivity index (χ1) is 13.5. The highest BCUT2D eigenvalue weighted by atomic mass is 16.2. The Morgan fingerprint density at radius 3 is 2.46 bits per heavy atom. The second-order valence-electron chi connectivity index (χ2n) is 7.75. The Morgan fingerprint density at radius 2 is 1.79 bits per heavy atom. The van der Waals surface area contributed by atoms with Crippen LogP contribution in [0.3, 0.4) is 0 Å². The van der Waals surface area contributed by atoms with Crippen molar-refractivity contribution in [3.63, 3.8) is 0 Å². The fourth-order valence-corrected chi connectivity index (χ4v) is 4.12. The molecule has 5 heteroatoms. The van der Waals surface area contributed by atoms with Gasteiger partial charge in [-0.15, -0.1) is 0 Å². The maximum atomic E-state index is 13.2. The van der Waals surface area contributed by atoms with Crippen molar-refractivity contribution in [2.45, 2.75) is 45.2 Å². The van der Waals surface area contributed by atoms with Gasteiger partial charge in [0.05, 0.1) is 0 Å². The molecule has 2 amide bonds. The van der Waals surface area contributed by atoms with E-state index in [1.807, 2.05) is 62.4 Å². The average molecular weight is 375 g/mol. The molecule has 144 valence electrons. The minimum Gasteiger partial charge on any atom is -0.325 e. The number of carbonyl (C=O) groups is 2. The molecule has 2 aliphatic rings. The number of rotatable bonds is 4. The molecule has 0 unspecified atom stereocenters. The predicted octanol–water partition coefficient (Wildman–Crippen LogP) is 3.84. The van der Waals surface area contributed by atoms with Gasteiger partial charge in [0, 0.05) is 11.3 Å². The van der Waals surface area contributed by atoms with Gasteiger partial charge in [0.25, 0.3) is 5.91 Å². The zero-order chi connectivity index (χ0) is 19.7. The first-order valence-electron chi connectivity index (χ1n) is 9.83. The summed E-state index contributed by atoms with van der Waals surface area (Å²) in [4.78, 5) is 32.4. The maximum Gasteiger partial charge on any atom is 0.275 e. The lowest BCUT2D eigenvalue weighted by molar-refractivity contribution is -0.132. The van der Waals surface area contributed by atoms with Crippen LogP contribution in [-0.4, -0.2) is 34.6 Å². The largest absolute Gasteiger partial charge is 0.325 e. The maximum absolute atomic E-state index is 13.2. The second kappa shape index (κ2) is 7.23. The summed E-state index contributed by atoms with van der Waals surface area (Å²) in [5, 5.41) is 2.93. The molecule has 1 saturated carbocycles. The SMILES string of the molecule is Cc1ccc(NC(=O)CN2C(=O)C(c3ccccc3)=NC23CCCC3)cc1C. The molecule has 1 heterocycles. The average Bonchev–Trinajstić information content (AvgIpc) is 3.26. The molecule has 0 radical (unpaired) electrons. The third-order valence-electron chi connectivity index (χ3n) is 5.81. The topological polar surface area (TPSA) is 61.8 Å². The predicted molar refractivity (Wildman–Crippen MR) is 110 cm³/mol. The van der Waals surface area contributed by atoms with Gasteiger partial charge in [0.1, 0.15) is 17.9 Å². The van der Waals surface area contributed by atoms with Crippen molar-refractivity contribution in [2.24, 2.45) is 4.99 Å². The lowest BCUT2D eigenvalue weighted by Gasteiger charge is -2.32. The van der Waals surface area contributed by atoms with Crippen LogP contribution in [0.1, 0.15) is 42.4 Å². The summed E-state index contributed by atoms with van der Waals surface area (Å²) < 4.78 is 0. The monoisotopic (exact) mass is 375 g/mol. The van der Waals surface area contributed by atoms with Gasteiger partial charge in [-0.05, 0) is 62.8 Å². The van der Waals surface area contributed by atoms with E-state index < -0.39 is 5.66 Å². The van der Waals surface area contributed by atoms with Gasteiger partial charge in [0.15, 0.2) is 0 Å². The van der Waals surface area contributed by atoms with E-state index in [4.69, 9.17) is 4.99 Å². The van der Waals surface area contributed by atoms with Crippen LogP contribution in [0.4, 0.5) is 5.69 Å². The van der Waals surface area contributed by atoms with Crippen LogP contribution in [0.2, 0.25) is 0 Å². The van der Waals surface area contributed by atoms with E-state index in [0.717, 1.165) is 42.5 Å². The number of hydrogen-bond donors (Lipinski definition) is 1. The molecule has 1 spiro atoms. The lowest BCUT2D eigenvalue weighted by Crippen LogP contribution is -2.48. The molecule has 4 rings (SSSR count). The second-order valence-corrected chi connectivity index (χ2v) is 7.75. The molecule has 1 N–H and O–H groups in total. The van der Waals surface area contributed by atoms with Crippen molar-refractivity contribution in [1.29, 1.82) is 0 Å². The van der Waals surface area contributed by atoms with Crippen LogP contribution in [0.5, 0.6) is 0 Å². The third-order valence-corrected chi connectivity index (χ3v) is 5.81. The zero-order valence-corrected chi connectivity index (χ0v) is 16.4. The van der Waals surface area contributed by atoms with E-state index in [2.05, 4.69) is 5.32 Å². The van der Waals surface area contributed by atoms with Gasteiger partial charge in [-0.2, -0.15) is 0 Å². The number of nitrogens with zero attached hydrogens (tertiary/aromatic N) is 2. The number of anilines is 1. The number of aryl methyl sites for hydroxylation is 2. The molecule has 0 bridgehead atoms. The number of benzene rings is 2. The summed E-state index contributed by atoms with van der Waals surface area (Å²) in [7, 11) is 0. The molecule has 0 aromatic heterocycles. The Bertz CT molecular complexity index is 944. The van der Waals surface area contributed by atoms with Crippen LogP contribution in [0, 0.1) is 13.8 Å². The molecule has 1 aliphatic heterocycles. The summed E-state index contributed by atoms with van der Waals surface area (Å²) in [6.07, 6.45) is 3.67. The van der Waals surface area contributed by atoms with Crippen molar-refractivity contribution >= 4 is 23.2 Å². The van der Waals surface area contributed by atoms with Crippen LogP contribution >= 0.6 is 0 Å². The highest BCUT2D eigenvalue weighted by Gasteiger charge is 2.49. The van der Waals surface area contributed by atoms with Crippen LogP contribution in [0.25, 0.3) is 0 Å². The van der Waals surface area contributed by atoms with Gasteiger partial charge < -0.3 is 10.2 Å². The highest BCUT2D eigenvalue weighted by Crippen LogP contribution is 2.40. The number of carbonyl (C=O) groups excluding carboxylic acids is 2. The van der Waals surface area contributed by atoms with E-state index in [1.165, 1.54) is 5.56 Å². The Kier molecular flexibility index (Phi) is 4.75. The molecule has 0 saturated heterocycles. The molecule has 2 aromatic carbocycles. The standard InChI is InChI=1S/C23H25N3O2/c1-16-10-11-19(14-17(16)2)24-20(27)15-26-22(28)21(18-8-4-3-5-9-18)25-23(26)12-6-7-13-23/h3-5,8-11,14H,6-7,12-13,15H2,1-2H3,(H,24,27). The molecule has 28 heavy (non-hydrogen) atoms. The van der Waals surface area contributed by atoms with E-state index in [0.29, 0.717) is 5.71 Å². The van der Waals surface area contributed by atoms with Gasteiger partial charge in [-0.1, -0.05) is 36.4 Å². The molecule has 5 nitrogen and oxygen atoms in total. The first-order valence-corrected chi connectivity index (χ1v) is 9.83. The fourth-order valence-electron chi connectivity index (χ4n) is 4.12. The van der Waals surface area contributed by atoms with Gasteiger partial charge in [-0.25, -0.2) is 0 Å². The molecular formula is C23H25N3O2. The Balaban J connectivity index is 1.55. The minimum atomic E-state index is -0.567. The summed E-state index contributed by atoms with van der Waals surface area (Å²) >= 11 is 0. The van der Waals surface area contributed by atoms with Crippen molar-refractivity contribution in [3.8, 4) is 0 Å². The van der Waals surface area contributed by atoms with Crippen LogP contribution < -0.4 is 5.32 Å². The Hall–Kier alpha value is -2.95. The number of nitrogens with one attached hydrogen (secondary N) is 1. The van der Waals surface area contributed by atoms with E-state index in [-0.39, 0.29) is 18.4 Å². The first kappa shape index (κ1) is 18.4. The normalized spacial score (nSPS) is 17.9. The van der Waals surface area contributed by atoms with E-state index >= 15 is 0 Å². The molecule has 0 atom stereocenters. The smallest absolute Gasteiger partial charge is 0.275 e. The fraction of sp³-hybridized carbons (Fsp3) is 0.348. The van der Waals surface area contributed by atoms with Gasteiger partial charge in [0.2, 0.25) is 5.91 Å². The van der Waals surface area contributed by atoms with E-state index in [1.54, 1.807) is 4.90 Å². The van der Waals surface area contributed by atoms with Crippen molar-refractivity contribution in [3.05, 3.63) is 65.2 Å². The third kappa shape index (κ3) is 3.33. The van der Waals surface area contributed by atoms with E-state index in [9.17, 15) is 9.59 Å². The molecule has 2 aromatic rings. The summed E-state index contributed by atoms with van der Waals surface area (Å²) in [6.45, 7) is 4.07. The Morgan fingerprint density at radius 1 is 1.07 bits per heavy atom. The van der Waals surface area contributed by atoms with Crippen molar-refractivity contribution in [1.82, 2.24) is 4.90 Å². The summed E-state index contributed by atoms with van der Waals surface area (Å²) in [5.41, 5.74) is 3.78. The van der Waals surface area contributed by atoms with Gasteiger partial charge in [-0.3, -0.25) is 14.6 Å². The zero-order valence-electron chi connectivity index (χ0n) is 16.4. The Labute approximate surface area is 165 Å². The lowest BCUT2D eigenvalue weighted by atomic mass is 10.1. The van der Waals surface area contributed by atoms with Crippen LogP contribution in [0.15, 0.2) is 53.5 Å². The molecule has 1 fully saturated rings. The number of hydrogen-bond acceptors (Lipinski definition) is 3. The summed E-state index contributed by atoms with van der Waals surface area (Å²) in [6, 6.07) is 15.4.